The Morgan fingerprint density at radius 3 is 1.27 bits per heavy atom. The van der Waals surface area contributed by atoms with Gasteiger partial charge in [0.25, 0.3) is 0 Å². The second kappa shape index (κ2) is 42.4. The molecular formula is C57H71N6O15P. The minimum absolute atomic E-state index is 0. The second-order valence-corrected chi connectivity index (χ2v) is 19.6. The van der Waals surface area contributed by atoms with Crippen LogP contribution in [0.4, 0.5) is 0 Å². The summed E-state index contributed by atoms with van der Waals surface area (Å²) in [6.45, 7) is 12.7. The smallest absolute Gasteiger partial charge is 0.339 e. The van der Waals surface area contributed by atoms with Gasteiger partial charge < -0.3 is 43.9 Å². The van der Waals surface area contributed by atoms with Crippen LogP contribution in [0.5, 0.6) is 0 Å². The van der Waals surface area contributed by atoms with Crippen molar-refractivity contribution in [1.82, 2.24) is 24.9 Å². The zero-order chi connectivity index (χ0) is 58.9. The fourth-order valence-corrected chi connectivity index (χ4v) is 5.49. The minimum Gasteiger partial charge on any atom is -0.870 e. The highest BCUT2D eigenvalue weighted by atomic mass is 31.2. The Bertz CT molecular complexity index is 2770. The molecule has 4 N–H and O–H groups in total. The summed E-state index contributed by atoms with van der Waals surface area (Å²) in [5, 5.41) is 17.3. The van der Waals surface area contributed by atoms with Crippen LogP contribution in [0.3, 0.4) is 0 Å². The van der Waals surface area contributed by atoms with Crippen LogP contribution in [-0.4, -0.2) is 132 Å². The van der Waals surface area contributed by atoms with Crippen molar-refractivity contribution in [2.45, 2.75) is 47.8 Å². The molecule has 6 rings (SSSR count). The maximum absolute atomic E-state index is 10.9. The highest BCUT2D eigenvalue weighted by molar-refractivity contribution is 7.63. The average Bonchev–Trinajstić information content (AvgIpc) is 3.45. The molecule has 0 saturated heterocycles. The number of methoxy groups -OCH3 is 5. The zero-order valence-electron chi connectivity index (χ0n) is 46.5. The highest BCUT2D eigenvalue weighted by Crippen LogP contribution is 2.35. The van der Waals surface area contributed by atoms with Gasteiger partial charge in [-0.25, -0.2) is 24.2 Å². The molecule has 79 heavy (non-hydrogen) atoms. The number of esters is 5. The molecule has 0 aliphatic carbocycles. The van der Waals surface area contributed by atoms with Crippen molar-refractivity contribution in [1.29, 1.82) is 0 Å². The standard InChI is InChI=1S/C10H11NO3.2C10H11NO2.C8H9NO2.C7H9NO.C7H7NO.C5H11O3P.H2O/c1-14-10(13)5-3-8-2-4-9(7-12)11-6-8;2*1-8-3-4-9(7-11-8)5-6-10(12)13-2;1-6-3-4-7(5-9-6)8(10)11-2;2*1-6-2-3-7(5-9)4-8-6;1-8-5(6)4-9(2,3)7;/h2-6,12H,7H2,1H3;2*3-7H,1-2H3;3-5H,1-2H3;2-4,9H,5H2,1H3;2-5H,1H3;4H2,1-3H3;1H2/b5-3+;2*6-5+;;;;;. The number of nitrogens with zero attached hydrogens (tertiary/aromatic N) is 5. The quantitative estimate of drug-likeness (QED) is 0.0402. The molecule has 21 nitrogen and oxygen atoms in total. The number of aldehydes is 1. The lowest BCUT2D eigenvalue weighted by molar-refractivity contribution is -0.387. The summed E-state index contributed by atoms with van der Waals surface area (Å²) in [5.74, 6) is -1.86. The van der Waals surface area contributed by atoms with Crippen LogP contribution in [0.25, 0.3) is 18.2 Å². The van der Waals surface area contributed by atoms with Gasteiger partial charge in [0.1, 0.15) is 0 Å². The van der Waals surface area contributed by atoms with Crippen LogP contribution in [-0.2, 0) is 60.6 Å². The van der Waals surface area contributed by atoms with E-state index in [0.717, 1.165) is 57.0 Å². The summed E-state index contributed by atoms with van der Waals surface area (Å²) in [6, 6.07) is 21.9. The molecule has 0 bridgehead atoms. The van der Waals surface area contributed by atoms with Crippen molar-refractivity contribution in [3.05, 3.63) is 196 Å². The summed E-state index contributed by atoms with van der Waals surface area (Å²) in [6.07, 6.45) is 19.7. The van der Waals surface area contributed by atoms with Crippen molar-refractivity contribution >= 4 is 61.5 Å². The van der Waals surface area contributed by atoms with Crippen LogP contribution in [0.2, 0.25) is 0 Å². The van der Waals surface area contributed by atoms with Crippen LogP contribution >= 0.6 is 7.14 Å². The Labute approximate surface area is 461 Å². The lowest BCUT2D eigenvalue weighted by Crippen LogP contribution is -2.05. The number of aromatic amines is 1. The SMILES string of the molecule is COC(=O)/C=C/c1ccc(C)[nH+]c1.COC(=O)/C=C/c1ccc(C)nc1.COC(=O)/C=C/c1ccc(CO)nc1.COC(=O)CP(C)(C)=O.COC(=O)c1ccc(C)nc1.Cc1ccc(C=O)cn1.Cc1ccc(CO)cn1.[OH-]. The second-order valence-electron chi connectivity index (χ2n) is 16.2. The third kappa shape index (κ3) is 37.6. The van der Waals surface area contributed by atoms with Crippen molar-refractivity contribution in [3.63, 3.8) is 0 Å². The van der Waals surface area contributed by atoms with E-state index >= 15 is 0 Å². The molecule has 0 saturated carbocycles. The number of aromatic nitrogens is 6. The molecule has 0 radical (unpaired) electrons. The third-order valence-electron chi connectivity index (χ3n) is 9.07. The lowest BCUT2D eigenvalue weighted by Gasteiger charge is -2.02. The number of hydrogen-bond acceptors (Lipinski definition) is 20. The number of ether oxygens (including phenoxy) is 5. The van der Waals surface area contributed by atoms with Crippen LogP contribution < -0.4 is 4.98 Å². The van der Waals surface area contributed by atoms with Crippen molar-refractivity contribution in [2.24, 2.45) is 0 Å². The Morgan fingerprint density at radius 1 is 0.519 bits per heavy atom. The summed E-state index contributed by atoms with van der Waals surface area (Å²) >= 11 is 0. The summed E-state index contributed by atoms with van der Waals surface area (Å²) in [4.78, 5) is 86.5. The van der Waals surface area contributed by atoms with Gasteiger partial charge >= 0.3 is 29.8 Å². The number of H-pyrrole nitrogens is 1. The number of rotatable bonds is 12. The van der Waals surface area contributed by atoms with Crippen molar-refractivity contribution in [2.75, 3.05) is 55.0 Å². The van der Waals surface area contributed by atoms with Crippen molar-refractivity contribution < 1.29 is 77.7 Å². The molecule has 6 aromatic rings. The number of aliphatic hydroxyl groups is 2. The average molecular weight is 1110 g/mol. The Balaban J connectivity index is 0. The first kappa shape index (κ1) is 72.3. The largest absolute Gasteiger partial charge is 0.870 e. The van der Waals surface area contributed by atoms with Crippen LogP contribution in [0, 0.1) is 34.6 Å². The Hall–Kier alpha value is -8.75. The van der Waals surface area contributed by atoms with E-state index in [2.05, 4.69) is 53.6 Å². The molecule has 0 spiro atoms. The fourth-order valence-electron chi connectivity index (χ4n) is 4.74. The summed E-state index contributed by atoms with van der Waals surface area (Å²) in [7, 11) is 4.45. The molecule has 22 heteroatoms. The first-order valence-corrected chi connectivity index (χ1v) is 26.1. The first-order chi connectivity index (χ1) is 37.0. The number of carbonyl (C=O) groups is 6. The molecule has 0 aliphatic rings. The van der Waals surface area contributed by atoms with Gasteiger partial charge in [-0.3, -0.25) is 34.5 Å². The molecule has 0 aliphatic heterocycles. The molecular weight excluding hydrogens is 1040 g/mol. The normalized spacial score (nSPS) is 9.90. The van der Waals surface area contributed by atoms with Gasteiger partial charge in [0.05, 0.1) is 73.3 Å². The fraction of sp³-hybridized carbons (Fsp3) is 0.263. The number of hydrogen-bond donors (Lipinski definition) is 2. The van der Waals surface area contributed by atoms with E-state index in [1.165, 1.54) is 60.0 Å². The Kier molecular flexibility index (Phi) is 38.8. The van der Waals surface area contributed by atoms with Gasteiger partial charge in [-0.2, -0.15) is 0 Å². The molecule has 0 atom stereocenters. The summed E-state index contributed by atoms with van der Waals surface area (Å²) in [5.41, 5.74) is 10.0. The molecule has 6 heterocycles. The maximum atomic E-state index is 10.9. The highest BCUT2D eigenvalue weighted by Gasteiger charge is 2.13. The van der Waals surface area contributed by atoms with E-state index in [0.29, 0.717) is 16.8 Å². The van der Waals surface area contributed by atoms with Crippen LogP contribution in [0.1, 0.15) is 77.1 Å². The number of pyridine rings is 6. The van der Waals surface area contributed by atoms with E-state index in [-0.39, 0.29) is 42.8 Å². The zero-order valence-corrected chi connectivity index (χ0v) is 47.4. The van der Waals surface area contributed by atoms with E-state index in [9.17, 15) is 33.3 Å². The Morgan fingerprint density at radius 2 is 0.949 bits per heavy atom. The molecule has 6 aromatic heterocycles. The van der Waals surface area contributed by atoms with Gasteiger partial charge in [-0.05, 0) is 124 Å². The molecule has 0 unspecified atom stereocenters. The van der Waals surface area contributed by atoms with Gasteiger partial charge in [0.2, 0.25) is 0 Å². The van der Waals surface area contributed by atoms with Crippen LogP contribution in [0.15, 0.2) is 128 Å². The van der Waals surface area contributed by atoms with Gasteiger partial charge in [0, 0.05) is 96.1 Å². The number of aryl methyl sites for hydroxylation is 5. The monoisotopic (exact) mass is 1110 g/mol. The number of aliphatic hydroxyl groups excluding tert-OH is 2. The predicted octanol–water partition coefficient (Wildman–Crippen LogP) is 7.20. The number of carbonyl (C=O) groups excluding carboxylic acids is 6. The molecule has 0 fully saturated rings. The lowest BCUT2D eigenvalue weighted by atomic mass is 10.2. The van der Waals surface area contributed by atoms with Crippen molar-refractivity contribution in [3.8, 4) is 0 Å². The van der Waals surface area contributed by atoms with E-state index in [1.54, 1.807) is 86.7 Å². The topological polar surface area (TPSA) is 315 Å². The van der Waals surface area contributed by atoms with E-state index in [4.69, 9.17) is 10.2 Å². The van der Waals surface area contributed by atoms with Gasteiger partial charge in [0.15, 0.2) is 18.2 Å². The molecule has 424 valence electrons. The minimum atomic E-state index is -2.21. The molecule has 0 amide bonds. The summed E-state index contributed by atoms with van der Waals surface area (Å²) < 4.78 is 33.0. The van der Waals surface area contributed by atoms with Gasteiger partial charge in [-0.1, -0.05) is 18.2 Å². The third-order valence-corrected chi connectivity index (χ3v) is 10.1. The molecule has 0 aromatic carbocycles. The number of nitrogens with one attached hydrogen (secondary N) is 1. The predicted molar refractivity (Wildman–Crippen MR) is 298 cm³/mol. The van der Waals surface area contributed by atoms with E-state index < -0.39 is 19.1 Å². The van der Waals surface area contributed by atoms with Gasteiger partial charge in [-0.15, -0.1) is 0 Å². The van der Waals surface area contributed by atoms with E-state index in [1.807, 2.05) is 83.3 Å². The first-order valence-electron chi connectivity index (χ1n) is 23.3. The maximum Gasteiger partial charge on any atom is 0.339 e.